The molecule has 42 heavy (non-hydrogen) atoms. The summed E-state index contributed by atoms with van der Waals surface area (Å²) in [6.07, 6.45) is 3.47. The van der Waals surface area contributed by atoms with Gasteiger partial charge in [0.2, 0.25) is 0 Å². The second-order valence-corrected chi connectivity index (χ2v) is 10.2. The number of hydrogen-bond donors (Lipinski definition) is 0. The first-order valence-corrected chi connectivity index (χ1v) is 13.4. The minimum atomic E-state index is -2.74. The van der Waals surface area contributed by atoms with Crippen molar-refractivity contribution in [2.24, 2.45) is 7.05 Å². The van der Waals surface area contributed by atoms with Crippen molar-refractivity contribution in [3.05, 3.63) is 94.0 Å². The number of alkyl halides is 2. The fourth-order valence-electron chi connectivity index (χ4n) is 4.99. The molecule has 0 N–H and O–H groups in total. The quantitative estimate of drug-likeness (QED) is 0.198. The van der Waals surface area contributed by atoms with Crippen LogP contribution in [0.25, 0.3) is 27.7 Å². The molecule has 5 rings (SSSR count). The fraction of sp³-hybridized carbons (Fsp3) is 0.267. The summed E-state index contributed by atoms with van der Waals surface area (Å²) in [4.78, 5) is 31.0. The summed E-state index contributed by atoms with van der Waals surface area (Å²) >= 11 is 6.31. The van der Waals surface area contributed by atoms with Gasteiger partial charge in [0.25, 0.3) is 12.0 Å². The minimum absolute atomic E-state index is 0.0985. The number of imidazole rings is 1. The summed E-state index contributed by atoms with van der Waals surface area (Å²) in [5.74, 6) is 0.118. The van der Waals surface area contributed by atoms with E-state index in [1.54, 1.807) is 22.9 Å². The Bertz CT molecular complexity index is 1810. The molecule has 0 bridgehead atoms. The standard InChI is InChI=1S/C30H28ClF2N5O4/c1-36-14-19-10-18(4-6-23(19)35-36)11-27(39)26(8-9-41-2)38-16-28(42-3)22(13-29(38)40)21-12-20(31)5-7-25(21)37-15-24(30(32)33)34-17-37/h4-7,10,12-17,26,30H,8-9,11H2,1-3H3. The first-order valence-electron chi connectivity index (χ1n) is 13.0. The average molecular weight is 596 g/mol. The molecule has 9 nitrogen and oxygen atoms in total. The van der Waals surface area contributed by atoms with Crippen LogP contribution in [0.1, 0.15) is 30.1 Å². The highest BCUT2D eigenvalue weighted by molar-refractivity contribution is 6.31. The number of ketones is 1. The van der Waals surface area contributed by atoms with E-state index >= 15 is 0 Å². The molecule has 12 heteroatoms. The Morgan fingerprint density at radius 3 is 2.57 bits per heavy atom. The van der Waals surface area contributed by atoms with Crippen LogP contribution in [0.15, 0.2) is 72.2 Å². The first-order chi connectivity index (χ1) is 20.2. The van der Waals surface area contributed by atoms with E-state index in [1.807, 2.05) is 31.4 Å². The summed E-state index contributed by atoms with van der Waals surface area (Å²) in [6.45, 7) is 0.250. The van der Waals surface area contributed by atoms with Gasteiger partial charge in [0.05, 0.1) is 36.9 Å². The van der Waals surface area contributed by atoms with E-state index in [0.717, 1.165) is 16.5 Å². The number of carbonyl (C=O) groups is 1. The van der Waals surface area contributed by atoms with Gasteiger partial charge in [0.1, 0.15) is 11.4 Å². The van der Waals surface area contributed by atoms with E-state index in [2.05, 4.69) is 10.1 Å². The number of hydrogen-bond acceptors (Lipinski definition) is 6. The molecule has 3 heterocycles. The number of carbonyl (C=O) groups excluding carboxylic acids is 1. The van der Waals surface area contributed by atoms with E-state index in [4.69, 9.17) is 21.1 Å². The zero-order valence-electron chi connectivity index (χ0n) is 23.1. The molecule has 0 spiro atoms. The molecule has 0 radical (unpaired) electrons. The maximum Gasteiger partial charge on any atom is 0.281 e. The molecule has 1 unspecified atom stereocenters. The third kappa shape index (κ3) is 5.97. The van der Waals surface area contributed by atoms with Gasteiger partial charge < -0.3 is 18.6 Å². The van der Waals surface area contributed by atoms with E-state index in [1.165, 1.54) is 48.1 Å². The topological polar surface area (TPSA) is 93.2 Å². The van der Waals surface area contributed by atoms with Crippen LogP contribution in [0, 0.1) is 0 Å². The Labute approximate surface area is 244 Å². The van der Waals surface area contributed by atoms with Crippen molar-refractivity contribution in [2.75, 3.05) is 20.8 Å². The molecule has 0 saturated heterocycles. The van der Waals surface area contributed by atoms with Gasteiger partial charge in [-0.15, -0.1) is 0 Å². The predicted octanol–water partition coefficient (Wildman–Crippen LogP) is 5.58. The van der Waals surface area contributed by atoms with E-state index in [0.29, 0.717) is 27.6 Å². The highest BCUT2D eigenvalue weighted by Gasteiger charge is 2.25. The van der Waals surface area contributed by atoms with Gasteiger partial charge in [0, 0.05) is 67.2 Å². The number of aromatic nitrogens is 5. The Balaban J connectivity index is 1.54. The lowest BCUT2D eigenvalue weighted by Gasteiger charge is -2.21. The lowest BCUT2D eigenvalue weighted by atomic mass is 9.99. The number of halogens is 3. The minimum Gasteiger partial charge on any atom is -0.495 e. The van der Waals surface area contributed by atoms with E-state index in [-0.39, 0.29) is 30.9 Å². The van der Waals surface area contributed by atoms with Crippen molar-refractivity contribution >= 4 is 28.3 Å². The summed E-state index contributed by atoms with van der Waals surface area (Å²) in [6, 6.07) is 11.0. The molecular formula is C30H28ClF2N5O4. The number of nitrogens with zero attached hydrogens (tertiary/aromatic N) is 5. The van der Waals surface area contributed by atoms with Crippen LogP contribution in [0.3, 0.4) is 0 Å². The lowest BCUT2D eigenvalue weighted by Crippen LogP contribution is -2.31. The summed E-state index contributed by atoms with van der Waals surface area (Å²) < 4.78 is 41.9. The number of benzene rings is 2. The molecular weight excluding hydrogens is 568 g/mol. The van der Waals surface area contributed by atoms with Gasteiger partial charge in [-0.05, 0) is 42.3 Å². The summed E-state index contributed by atoms with van der Waals surface area (Å²) in [5, 5.41) is 5.65. The van der Waals surface area contributed by atoms with Crippen molar-refractivity contribution < 1.29 is 23.0 Å². The van der Waals surface area contributed by atoms with Crippen molar-refractivity contribution in [3.63, 3.8) is 0 Å². The van der Waals surface area contributed by atoms with Crippen molar-refractivity contribution in [1.82, 2.24) is 23.9 Å². The van der Waals surface area contributed by atoms with Crippen LogP contribution < -0.4 is 10.3 Å². The number of fused-ring (bicyclic) bond motifs is 1. The van der Waals surface area contributed by atoms with Gasteiger partial charge in [-0.25, -0.2) is 13.8 Å². The monoisotopic (exact) mass is 595 g/mol. The second-order valence-electron chi connectivity index (χ2n) is 9.81. The zero-order chi connectivity index (χ0) is 30.0. The number of aryl methyl sites for hydroxylation is 1. The molecule has 2 aromatic carbocycles. The molecule has 5 aromatic rings. The number of rotatable bonds is 11. The Kier molecular flexibility index (Phi) is 8.51. The molecule has 218 valence electrons. The van der Waals surface area contributed by atoms with Gasteiger partial charge in [-0.3, -0.25) is 14.3 Å². The maximum atomic E-state index is 13.6. The molecule has 0 amide bonds. The summed E-state index contributed by atoms with van der Waals surface area (Å²) in [5.41, 5.74) is 2.09. The Hall–Kier alpha value is -4.35. The van der Waals surface area contributed by atoms with Gasteiger partial charge in [-0.2, -0.15) is 5.10 Å². The van der Waals surface area contributed by atoms with Crippen LogP contribution in [0.2, 0.25) is 5.02 Å². The molecule has 0 aliphatic heterocycles. The first kappa shape index (κ1) is 29.2. The van der Waals surface area contributed by atoms with Crippen LogP contribution in [-0.2, 0) is 23.0 Å². The second kappa shape index (κ2) is 12.3. The Morgan fingerprint density at radius 1 is 1.05 bits per heavy atom. The molecule has 0 saturated carbocycles. The third-order valence-corrected chi connectivity index (χ3v) is 7.22. The zero-order valence-corrected chi connectivity index (χ0v) is 23.9. The maximum absolute atomic E-state index is 13.6. The Morgan fingerprint density at radius 2 is 1.86 bits per heavy atom. The van der Waals surface area contributed by atoms with E-state index in [9.17, 15) is 18.4 Å². The van der Waals surface area contributed by atoms with Crippen LogP contribution >= 0.6 is 11.6 Å². The highest BCUT2D eigenvalue weighted by Crippen LogP contribution is 2.36. The van der Waals surface area contributed by atoms with Crippen LogP contribution in [0.5, 0.6) is 5.75 Å². The van der Waals surface area contributed by atoms with Crippen LogP contribution in [-0.4, -0.2) is 50.5 Å². The predicted molar refractivity (Wildman–Crippen MR) is 155 cm³/mol. The molecule has 0 fully saturated rings. The average Bonchev–Trinajstić information content (AvgIpc) is 3.60. The van der Waals surface area contributed by atoms with Crippen molar-refractivity contribution in [2.45, 2.75) is 25.3 Å². The number of Topliss-reactive ketones (excluding diaryl/α,β-unsaturated/α-hetero) is 1. The summed E-state index contributed by atoms with van der Waals surface area (Å²) in [7, 11) is 4.80. The van der Waals surface area contributed by atoms with Crippen molar-refractivity contribution in [3.8, 4) is 22.6 Å². The highest BCUT2D eigenvalue weighted by atomic mass is 35.5. The number of methoxy groups -OCH3 is 2. The molecule has 0 aliphatic rings. The smallest absolute Gasteiger partial charge is 0.281 e. The SMILES string of the molecule is COCCC(C(=O)Cc1ccc2nn(C)cc2c1)n1cc(OC)c(-c2cc(Cl)ccc2-n2cnc(C(F)F)c2)cc1=O. The number of ether oxygens (including phenoxy) is 2. The van der Waals surface area contributed by atoms with Gasteiger partial charge in [0.15, 0.2) is 5.78 Å². The van der Waals surface area contributed by atoms with E-state index < -0.39 is 18.0 Å². The van der Waals surface area contributed by atoms with Gasteiger partial charge in [-0.1, -0.05) is 17.7 Å². The molecule has 0 aliphatic carbocycles. The lowest BCUT2D eigenvalue weighted by molar-refractivity contribution is -0.122. The number of pyridine rings is 1. The molecule has 3 aromatic heterocycles. The largest absolute Gasteiger partial charge is 0.495 e. The van der Waals surface area contributed by atoms with Crippen LogP contribution in [0.4, 0.5) is 8.78 Å². The normalized spacial score (nSPS) is 12.3. The third-order valence-electron chi connectivity index (χ3n) is 6.98. The van der Waals surface area contributed by atoms with Crippen molar-refractivity contribution in [1.29, 1.82) is 0 Å². The molecule has 1 atom stereocenters. The van der Waals surface area contributed by atoms with Gasteiger partial charge >= 0.3 is 0 Å². The fourth-order valence-corrected chi connectivity index (χ4v) is 5.16.